The minimum Gasteiger partial charge on any atom is -0.465 e. The van der Waals surface area contributed by atoms with Crippen molar-refractivity contribution in [2.75, 3.05) is 27.2 Å². The normalized spacial score (nSPS) is 16.8. The van der Waals surface area contributed by atoms with Gasteiger partial charge in [0.15, 0.2) is 0 Å². The predicted molar refractivity (Wildman–Crippen MR) is 110 cm³/mol. The van der Waals surface area contributed by atoms with Crippen molar-refractivity contribution in [3.8, 4) is 0 Å². The van der Waals surface area contributed by atoms with Gasteiger partial charge in [-0.3, -0.25) is 4.79 Å². The van der Waals surface area contributed by atoms with E-state index in [0.717, 1.165) is 38.1 Å². The summed E-state index contributed by atoms with van der Waals surface area (Å²) in [5, 5.41) is 0. The van der Waals surface area contributed by atoms with Crippen LogP contribution in [0, 0.1) is 5.92 Å². The van der Waals surface area contributed by atoms with Crippen molar-refractivity contribution >= 4 is 5.97 Å². The first-order valence-corrected chi connectivity index (χ1v) is 10.9. The first-order valence-electron chi connectivity index (χ1n) is 10.9. The van der Waals surface area contributed by atoms with Gasteiger partial charge in [-0.25, -0.2) is 0 Å². The molecule has 0 amide bonds. The van der Waals surface area contributed by atoms with Crippen LogP contribution in [0.15, 0.2) is 24.3 Å². The van der Waals surface area contributed by atoms with Crippen LogP contribution in [0.1, 0.15) is 83.5 Å². The topological polar surface area (TPSA) is 30.7 Å². The number of rotatable bonds is 16. The quantitative estimate of drug-likeness (QED) is 0.248. The van der Waals surface area contributed by atoms with Gasteiger partial charge < -0.3 is 9.64 Å². The maximum atomic E-state index is 11.6. The van der Waals surface area contributed by atoms with E-state index in [0.29, 0.717) is 13.0 Å². The number of hydrogen-bond acceptors (Lipinski definition) is 2. The van der Waals surface area contributed by atoms with Crippen molar-refractivity contribution in [1.82, 2.24) is 0 Å². The van der Waals surface area contributed by atoms with Crippen molar-refractivity contribution < 1.29 is 14.4 Å². The lowest BCUT2D eigenvalue weighted by atomic mass is 10.00. The number of carbonyl (C=O) groups excluding carboxylic acids is 1. The highest BCUT2D eigenvalue weighted by atomic mass is 16.5. The van der Waals surface area contributed by atoms with Gasteiger partial charge in [0, 0.05) is 12.8 Å². The summed E-state index contributed by atoms with van der Waals surface area (Å²) in [6.45, 7) is 1.62. The van der Waals surface area contributed by atoms with Crippen molar-refractivity contribution in [3.63, 3.8) is 0 Å². The zero-order valence-corrected chi connectivity index (χ0v) is 17.3. The van der Waals surface area contributed by atoms with Gasteiger partial charge >= 0.3 is 5.97 Å². The van der Waals surface area contributed by atoms with Gasteiger partial charge in [-0.05, 0) is 57.3 Å². The Morgan fingerprint density at radius 3 is 2.46 bits per heavy atom. The second kappa shape index (κ2) is 16.1. The van der Waals surface area contributed by atoms with E-state index >= 15 is 0 Å². The Morgan fingerprint density at radius 1 is 1.04 bits per heavy atom. The van der Waals surface area contributed by atoms with Crippen LogP contribution in [-0.2, 0) is 9.53 Å². The standard InChI is InChI=1S/C23H41NO2/c1-24(2)20-15-21-26-23(25)19-12-10-8-6-4-3-5-7-9-11-16-22-17-13-14-18-22/h4,6,13,17,22H,3,5,7-12,14-16,18-21H2,1-2H3/p+1/b6-4+/t22-/m0/s1. The van der Waals surface area contributed by atoms with E-state index in [1.54, 1.807) is 0 Å². The molecule has 0 radical (unpaired) electrons. The molecule has 0 fully saturated rings. The fourth-order valence-corrected chi connectivity index (χ4v) is 3.41. The molecule has 26 heavy (non-hydrogen) atoms. The first-order chi connectivity index (χ1) is 12.7. The van der Waals surface area contributed by atoms with Gasteiger partial charge in [-0.15, -0.1) is 0 Å². The number of hydrogen-bond donors (Lipinski definition) is 1. The van der Waals surface area contributed by atoms with E-state index in [4.69, 9.17) is 4.74 Å². The van der Waals surface area contributed by atoms with Gasteiger partial charge in [0.25, 0.3) is 0 Å². The molecule has 0 saturated carbocycles. The van der Waals surface area contributed by atoms with Crippen molar-refractivity contribution in [2.24, 2.45) is 5.92 Å². The van der Waals surface area contributed by atoms with Crippen molar-refractivity contribution in [2.45, 2.75) is 83.5 Å². The van der Waals surface area contributed by atoms with E-state index in [9.17, 15) is 4.79 Å². The lowest BCUT2D eigenvalue weighted by Gasteiger charge is -2.07. The summed E-state index contributed by atoms with van der Waals surface area (Å²) < 4.78 is 5.24. The van der Waals surface area contributed by atoms with E-state index in [-0.39, 0.29) is 5.97 Å². The number of carbonyl (C=O) groups is 1. The molecule has 0 unspecified atom stereocenters. The predicted octanol–water partition coefficient (Wildman–Crippen LogP) is 4.49. The Hall–Kier alpha value is -1.09. The van der Waals surface area contributed by atoms with Crippen molar-refractivity contribution in [1.29, 1.82) is 0 Å². The fourth-order valence-electron chi connectivity index (χ4n) is 3.41. The summed E-state index contributed by atoms with van der Waals surface area (Å²) in [7, 11) is 4.23. The summed E-state index contributed by atoms with van der Waals surface area (Å²) in [5.74, 6) is 0.849. The lowest BCUT2D eigenvalue weighted by Crippen LogP contribution is -3.05. The number of allylic oxidation sites excluding steroid dienone is 4. The zero-order chi connectivity index (χ0) is 18.9. The minimum absolute atomic E-state index is 0.0316. The number of ether oxygens (including phenoxy) is 1. The summed E-state index contributed by atoms with van der Waals surface area (Å²) in [4.78, 5) is 13.0. The highest BCUT2D eigenvalue weighted by Gasteiger charge is 2.07. The molecule has 0 aromatic carbocycles. The monoisotopic (exact) mass is 364 g/mol. The average Bonchev–Trinajstić information content (AvgIpc) is 3.13. The van der Waals surface area contributed by atoms with Crippen LogP contribution >= 0.6 is 0 Å². The first kappa shape index (κ1) is 23.0. The molecular formula is C23H42NO2+. The van der Waals surface area contributed by atoms with Gasteiger partial charge in [0.05, 0.1) is 27.2 Å². The third kappa shape index (κ3) is 14.1. The molecule has 150 valence electrons. The lowest BCUT2D eigenvalue weighted by molar-refractivity contribution is -0.858. The third-order valence-corrected chi connectivity index (χ3v) is 5.06. The second-order valence-electron chi connectivity index (χ2n) is 8.01. The van der Waals surface area contributed by atoms with Crippen LogP contribution in [-0.4, -0.2) is 33.2 Å². The maximum Gasteiger partial charge on any atom is 0.305 e. The van der Waals surface area contributed by atoms with Gasteiger partial charge in [-0.1, -0.05) is 43.6 Å². The van der Waals surface area contributed by atoms with Crippen LogP contribution in [0.4, 0.5) is 0 Å². The molecule has 0 spiro atoms. The second-order valence-corrected chi connectivity index (χ2v) is 8.01. The van der Waals surface area contributed by atoms with Gasteiger partial charge in [0.1, 0.15) is 0 Å². The summed E-state index contributed by atoms with van der Waals surface area (Å²) in [6, 6.07) is 0. The van der Waals surface area contributed by atoms with E-state index in [1.165, 1.54) is 56.3 Å². The molecule has 0 aliphatic heterocycles. The van der Waals surface area contributed by atoms with Crippen molar-refractivity contribution in [3.05, 3.63) is 24.3 Å². The molecule has 0 aromatic rings. The Balaban J connectivity index is 1.78. The van der Waals surface area contributed by atoms with E-state index < -0.39 is 0 Å². The van der Waals surface area contributed by atoms with Crippen LogP contribution in [0.3, 0.4) is 0 Å². The highest BCUT2D eigenvalue weighted by molar-refractivity contribution is 5.69. The number of quaternary nitrogens is 1. The van der Waals surface area contributed by atoms with Crippen LogP contribution in [0.5, 0.6) is 0 Å². The van der Waals surface area contributed by atoms with Crippen LogP contribution < -0.4 is 4.90 Å². The highest BCUT2D eigenvalue weighted by Crippen LogP contribution is 2.23. The molecule has 0 bridgehead atoms. The van der Waals surface area contributed by atoms with Crippen LogP contribution in [0.2, 0.25) is 0 Å². The Kier molecular flexibility index (Phi) is 14.2. The molecule has 1 aliphatic rings. The molecule has 1 rings (SSSR count). The molecule has 0 saturated heterocycles. The Labute approximate surface area is 161 Å². The summed E-state index contributed by atoms with van der Waals surface area (Å²) in [6.07, 6.45) is 24.7. The van der Waals surface area contributed by atoms with Gasteiger partial charge in [-0.2, -0.15) is 0 Å². The molecule has 1 aliphatic carbocycles. The Morgan fingerprint density at radius 2 is 1.77 bits per heavy atom. The SMILES string of the molecule is C[NH+](C)CCCOC(=O)CCCC/C=C/CCCCCC[C@H]1C=CCC1. The number of unbranched alkanes of at least 4 members (excludes halogenated alkanes) is 6. The van der Waals surface area contributed by atoms with E-state index in [2.05, 4.69) is 38.4 Å². The smallest absolute Gasteiger partial charge is 0.305 e. The third-order valence-electron chi connectivity index (χ3n) is 5.06. The summed E-state index contributed by atoms with van der Waals surface area (Å²) >= 11 is 0. The minimum atomic E-state index is -0.0316. The average molecular weight is 365 g/mol. The fraction of sp³-hybridized carbons (Fsp3) is 0.783. The molecule has 3 nitrogen and oxygen atoms in total. The molecule has 3 heteroatoms. The molecule has 1 N–H and O–H groups in total. The maximum absolute atomic E-state index is 11.6. The van der Waals surface area contributed by atoms with Gasteiger partial charge in [0.2, 0.25) is 0 Å². The number of nitrogens with one attached hydrogen (secondary N) is 1. The van der Waals surface area contributed by atoms with E-state index in [1.807, 2.05) is 0 Å². The zero-order valence-electron chi connectivity index (χ0n) is 17.3. The molecular weight excluding hydrogens is 322 g/mol. The van der Waals surface area contributed by atoms with Crippen LogP contribution in [0.25, 0.3) is 0 Å². The summed E-state index contributed by atoms with van der Waals surface area (Å²) in [5.41, 5.74) is 0. The largest absolute Gasteiger partial charge is 0.465 e. The molecule has 1 atom stereocenters. The Bertz CT molecular complexity index is 401. The molecule has 0 aromatic heterocycles. The number of esters is 1. The molecule has 0 heterocycles.